The molecule has 0 amide bonds. The molecule has 0 radical (unpaired) electrons. The lowest BCUT2D eigenvalue weighted by atomic mass is 9.90. The third kappa shape index (κ3) is 3.34. The average molecular weight is 417 g/mol. The minimum Gasteiger partial charge on any atom is -0.361 e. The van der Waals surface area contributed by atoms with Crippen LogP contribution in [0.4, 0.5) is 0 Å². The van der Waals surface area contributed by atoms with Crippen LogP contribution in [0.1, 0.15) is 33.9 Å². The predicted octanol–water partition coefficient (Wildman–Crippen LogP) is 4.95. The number of fused-ring (bicyclic) bond motifs is 2. The zero-order chi connectivity index (χ0) is 20.7. The average Bonchev–Trinajstić information content (AvgIpc) is 3.16. The summed E-state index contributed by atoms with van der Waals surface area (Å²) in [5, 5.41) is 1.06. The number of nitrogens with zero attached hydrogens (tertiary/aromatic N) is 1. The molecular formula is C25H24N2O2S. The molecule has 1 aliphatic rings. The molecule has 2 heterocycles. The monoisotopic (exact) mass is 416 g/mol. The van der Waals surface area contributed by atoms with E-state index in [1.165, 1.54) is 5.56 Å². The predicted molar refractivity (Wildman–Crippen MR) is 121 cm³/mol. The number of nitrogens with one attached hydrogen (secondary N) is 1. The fourth-order valence-electron chi connectivity index (χ4n) is 4.58. The molecule has 0 aliphatic carbocycles. The molecular weight excluding hydrogens is 392 g/mol. The molecule has 1 atom stereocenters. The Labute approximate surface area is 177 Å². The number of hydrogen-bond donors (Lipinski definition) is 1. The third-order valence-corrected chi connectivity index (χ3v) is 7.75. The van der Waals surface area contributed by atoms with Gasteiger partial charge in [0.2, 0.25) is 10.0 Å². The fraction of sp³-hybridized carbons (Fsp3) is 0.200. The van der Waals surface area contributed by atoms with E-state index in [2.05, 4.69) is 23.2 Å². The van der Waals surface area contributed by atoms with Gasteiger partial charge in [-0.15, -0.1) is 0 Å². The van der Waals surface area contributed by atoms with Gasteiger partial charge in [0.25, 0.3) is 0 Å². The first-order chi connectivity index (χ1) is 14.5. The van der Waals surface area contributed by atoms with Crippen LogP contribution in [0.2, 0.25) is 0 Å². The maximum Gasteiger partial charge on any atom is 0.219 e. The van der Waals surface area contributed by atoms with E-state index in [0.29, 0.717) is 6.54 Å². The van der Waals surface area contributed by atoms with Crippen LogP contribution in [0.3, 0.4) is 0 Å². The highest BCUT2D eigenvalue weighted by atomic mass is 32.2. The van der Waals surface area contributed by atoms with E-state index in [0.717, 1.165) is 39.6 Å². The first-order valence-electron chi connectivity index (χ1n) is 10.2. The van der Waals surface area contributed by atoms with Gasteiger partial charge in [-0.25, -0.2) is 8.42 Å². The first kappa shape index (κ1) is 19.1. The summed E-state index contributed by atoms with van der Waals surface area (Å²) in [6.07, 6.45) is 2.69. The molecule has 1 aromatic heterocycles. The molecule has 30 heavy (non-hydrogen) atoms. The van der Waals surface area contributed by atoms with Gasteiger partial charge in [0.15, 0.2) is 0 Å². The largest absolute Gasteiger partial charge is 0.361 e. The Morgan fingerprint density at radius 3 is 2.63 bits per heavy atom. The molecule has 4 aromatic rings. The molecule has 0 fully saturated rings. The Morgan fingerprint density at radius 2 is 1.77 bits per heavy atom. The number of para-hydroxylation sites is 1. The van der Waals surface area contributed by atoms with Gasteiger partial charge in [-0.2, -0.15) is 4.31 Å². The summed E-state index contributed by atoms with van der Waals surface area (Å²) in [4.78, 5) is 3.32. The van der Waals surface area contributed by atoms with E-state index in [4.69, 9.17) is 0 Å². The van der Waals surface area contributed by atoms with Crippen molar-refractivity contribution in [2.75, 3.05) is 6.54 Å². The second-order valence-corrected chi connectivity index (χ2v) is 9.92. The van der Waals surface area contributed by atoms with Crippen molar-refractivity contribution in [2.45, 2.75) is 25.1 Å². The van der Waals surface area contributed by atoms with E-state index in [-0.39, 0.29) is 11.8 Å². The number of aromatic nitrogens is 1. The van der Waals surface area contributed by atoms with Crippen LogP contribution in [0, 0.1) is 6.92 Å². The van der Waals surface area contributed by atoms with Gasteiger partial charge in [0, 0.05) is 29.2 Å². The van der Waals surface area contributed by atoms with Crippen LogP contribution in [0.25, 0.3) is 10.9 Å². The minimum atomic E-state index is -3.52. The van der Waals surface area contributed by atoms with Crippen molar-refractivity contribution < 1.29 is 8.42 Å². The molecule has 0 spiro atoms. The van der Waals surface area contributed by atoms with Crippen molar-refractivity contribution in [3.05, 3.63) is 107 Å². The summed E-state index contributed by atoms with van der Waals surface area (Å²) in [6.45, 7) is 2.47. The first-order valence-corrected chi connectivity index (χ1v) is 11.8. The second-order valence-electron chi connectivity index (χ2n) is 8.00. The second kappa shape index (κ2) is 7.42. The van der Waals surface area contributed by atoms with Crippen molar-refractivity contribution in [3.8, 4) is 0 Å². The fourth-order valence-corrected chi connectivity index (χ4v) is 6.27. The van der Waals surface area contributed by atoms with Crippen LogP contribution in [-0.2, 0) is 22.2 Å². The molecule has 0 saturated carbocycles. The lowest BCUT2D eigenvalue weighted by molar-refractivity contribution is 0.345. The van der Waals surface area contributed by atoms with Gasteiger partial charge in [-0.1, -0.05) is 72.3 Å². The van der Waals surface area contributed by atoms with Gasteiger partial charge in [0.05, 0.1) is 11.8 Å². The van der Waals surface area contributed by atoms with E-state index in [1.807, 2.05) is 67.7 Å². The van der Waals surface area contributed by atoms with Crippen molar-refractivity contribution in [2.24, 2.45) is 0 Å². The van der Waals surface area contributed by atoms with Crippen LogP contribution >= 0.6 is 0 Å². The molecule has 3 aromatic carbocycles. The quantitative estimate of drug-likeness (QED) is 0.512. The van der Waals surface area contributed by atoms with Gasteiger partial charge in [-0.3, -0.25) is 0 Å². The molecule has 0 unspecified atom stereocenters. The highest BCUT2D eigenvalue weighted by Gasteiger charge is 2.37. The van der Waals surface area contributed by atoms with Crippen LogP contribution in [-0.4, -0.2) is 24.3 Å². The molecule has 0 saturated heterocycles. The number of aromatic amines is 1. The Kier molecular flexibility index (Phi) is 4.72. The van der Waals surface area contributed by atoms with Gasteiger partial charge in [-0.05, 0) is 36.1 Å². The molecule has 4 nitrogen and oxygen atoms in total. The van der Waals surface area contributed by atoms with Crippen molar-refractivity contribution >= 4 is 20.9 Å². The van der Waals surface area contributed by atoms with Crippen LogP contribution < -0.4 is 0 Å². The van der Waals surface area contributed by atoms with E-state index in [1.54, 1.807) is 4.31 Å². The van der Waals surface area contributed by atoms with Gasteiger partial charge < -0.3 is 4.98 Å². The van der Waals surface area contributed by atoms with Crippen LogP contribution in [0.15, 0.2) is 79.0 Å². The van der Waals surface area contributed by atoms with Crippen molar-refractivity contribution in [3.63, 3.8) is 0 Å². The van der Waals surface area contributed by atoms with Gasteiger partial charge >= 0.3 is 0 Å². The highest BCUT2D eigenvalue weighted by molar-refractivity contribution is 7.88. The van der Waals surface area contributed by atoms with Crippen LogP contribution in [0.5, 0.6) is 0 Å². The molecule has 0 bridgehead atoms. The number of sulfonamides is 1. The lowest BCUT2D eigenvalue weighted by Gasteiger charge is -2.36. The smallest absolute Gasteiger partial charge is 0.219 e. The third-order valence-electron chi connectivity index (χ3n) is 5.94. The Bertz CT molecular complexity index is 1320. The number of benzene rings is 3. The number of H-pyrrole nitrogens is 1. The topological polar surface area (TPSA) is 53.2 Å². The van der Waals surface area contributed by atoms with Gasteiger partial charge in [0.1, 0.15) is 0 Å². The summed E-state index contributed by atoms with van der Waals surface area (Å²) < 4.78 is 29.0. The standard InChI is InChI=1S/C25H24N2O2S/c1-18-7-6-8-19(15-18)17-30(28,29)27-14-13-20-9-2-3-10-21(20)25(27)23-16-26-24-12-5-4-11-22(23)24/h2-12,15-16,25-26H,13-14,17H2,1H3/t25-/m1/s1. The Balaban J connectivity index is 1.63. The number of aryl methyl sites for hydroxylation is 1. The van der Waals surface area contributed by atoms with E-state index < -0.39 is 10.0 Å². The van der Waals surface area contributed by atoms with E-state index in [9.17, 15) is 8.42 Å². The minimum absolute atomic E-state index is 0.00963. The normalized spacial score (nSPS) is 17.2. The maximum atomic E-state index is 13.6. The molecule has 1 aliphatic heterocycles. The maximum absolute atomic E-state index is 13.6. The molecule has 5 rings (SSSR count). The Morgan fingerprint density at radius 1 is 0.967 bits per heavy atom. The van der Waals surface area contributed by atoms with Crippen molar-refractivity contribution in [1.29, 1.82) is 0 Å². The summed E-state index contributed by atoms with van der Waals surface area (Å²) in [5.41, 5.74) is 6.21. The zero-order valence-corrected chi connectivity index (χ0v) is 17.7. The SMILES string of the molecule is Cc1cccc(CS(=O)(=O)N2CCc3ccccc3[C@@H]2c2c[nH]c3ccccc23)c1. The number of hydrogen-bond acceptors (Lipinski definition) is 2. The zero-order valence-electron chi connectivity index (χ0n) is 16.9. The molecule has 152 valence electrons. The lowest BCUT2D eigenvalue weighted by Crippen LogP contribution is -2.41. The summed E-state index contributed by atoms with van der Waals surface area (Å²) in [5.74, 6) is 0.00963. The molecule has 5 heteroatoms. The van der Waals surface area contributed by atoms with E-state index >= 15 is 0 Å². The summed E-state index contributed by atoms with van der Waals surface area (Å²) in [7, 11) is -3.52. The highest BCUT2D eigenvalue weighted by Crippen LogP contribution is 2.40. The summed E-state index contributed by atoms with van der Waals surface area (Å²) in [6, 6.07) is 23.7. The number of rotatable bonds is 4. The van der Waals surface area contributed by atoms with Crippen molar-refractivity contribution in [1.82, 2.24) is 9.29 Å². The molecule has 1 N–H and O–H groups in total. The summed E-state index contributed by atoms with van der Waals surface area (Å²) >= 11 is 0. The Hall–Kier alpha value is -2.89.